The number of aromatic amines is 1. The van der Waals surface area contributed by atoms with Crippen LogP contribution in [0, 0.1) is 19.8 Å². The summed E-state index contributed by atoms with van der Waals surface area (Å²) in [6.45, 7) is 10.0. The number of H-pyrrole nitrogens is 1. The molecule has 0 fully saturated rings. The summed E-state index contributed by atoms with van der Waals surface area (Å²) in [5.74, 6) is 1.46. The number of carbonyl (C=O) groups is 1. The van der Waals surface area contributed by atoms with Crippen molar-refractivity contribution >= 4 is 28.6 Å². The third kappa shape index (κ3) is 4.58. The Bertz CT molecular complexity index is 973. The van der Waals surface area contributed by atoms with Gasteiger partial charge < -0.3 is 14.9 Å². The van der Waals surface area contributed by atoms with Crippen LogP contribution >= 0.6 is 11.8 Å². The second-order valence-corrected chi connectivity index (χ2v) is 8.47. The van der Waals surface area contributed by atoms with Gasteiger partial charge in [0.25, 0.3) is 5.91 Å². The molecular formula is C21H29N5OS. The molecule has 2 heterocycles. The molecule has 2 N–H and O–H groups in total. The standard InChI is InChI=1S/C21H29N5OS/c1-13(2)12-26-19(24-25-21(26)28-5)7-6-8-22-20(27)18-11-16-15(4)9-14(3)10-17(16)23-18/h9-11,13,23H,6-8,12H2,1-5H3,(H,22,27). The number of hydrogen-bond acceptors (Lipinski definition) is 4. The van der Waals surface area contributed by atoms with Gasteiger partial charge in [0.1, 0.15) is 11.5 Å². The zero-order valence-electron chi connectivity index (χ0n) is 17.3. The van der Waals surface area contributed by atoms with Crippen LogP contribution in [-0.2, 0) is 13.0 Å². The molecular weight excluding hydrogens is 370 g/mol. The van der Waals surface area contributed by atoms with E-state index in [0.717, 1.165) is 41.3 Å². The molecule has 0 radical (unpaired) electrons. The number of aromatic nitrogens is 4. The van der Waals surface area contributed by atoms with E-state index in [1.807, 2.05) is 12.3 Å². The number of thioether (sulfide) groups is 1. The van der Waals surface area contributed by atoms with E-state index >= 15 is 0 Å². The summed E-state index contributed by atoms with van der Waals surface area (Å²) in [7, 11) is 0. The van der Waals surface area contributed by atoms with E-state index in [-0.39, 0.29) is 5.91 Å². The number of hydrogen-bond donors (Lipinski definition) is 2. The minimum atomic E-state index is -0.0679. The molecule has 0 saturated heterocycles. The van der Waals surface area contributed by atoms with Gasteiger partial charge in [0.15, 0.2) is 5.16 Å². The molecule has 28 heavy (non-hydrogen) atoms. The van der Waals surface area contributed by atoms with Crippen LogP contribution in [0.1, 0.15) is 47.7 Å². The first kappa shape index (κ1) is 20.5. The van der Waals surface area contributed by atoms with E-state index in [1.165, 1.54) is 11.1 Å². The van der Waals surface area contributed by atoms with Crippen molar-refractivity contribution in [3.8, 4) is 0 Å². The first-order valence-corrected chi connectivity index (χ1v) is 11.0. The topological polar surface area (TPSA) is 75.6 Å². The maximum absolute atomic E-state index is 12.5. The maximum atomic E-state index is 12.5. The van der Waals surface area contributed by atoms with Gasteiger partial charge in [-0.3, -0.25) is 4.79 Å². The number of benzene rings is 1. The van der Waals surface area contributed by atoms with Gasteiger partial charge in [-0.25, -0.2) is 0 Å². The fourth-order valence-corrected chi connectivity index (χ4v) is 3.99. The molecule has 3 aromatic rings. The van der Waals surface area contributed by atoms with E-state index in [9.17, 15) is 4.79 Å². The van der Waals surface area contributed by atoms with Crippen LogP contribution < -0.4 is 5.32 Å². The van der Waals surface area contributed by atoms with Crippen molar-refractivity contribution in [1.29, 1.82) is 0 Å². The largest absolute Gasteiger partial charge is 0.351 e. The van der Waals surface area contributed by atoms with Crippen LogP contribution in [-0.4, -0.2) is 38.5 Å². The van der Waals surface area contributed by atoms with Crippen LogP contribution in [0.3, 0.4) is 0 Å². The van der Waals surface area contributed by atoms with Crippen molar-refractivity contribution in [1.82, 2.24) is 25.1 Å². The van der Waals surface area contributed by atoms with E-state index < -0.39 is 0 Å². The van der Waals surface area contributed by atoms with E-state index in [1.54, 1.807) is 11.8 Å². The molecule has 150 valence electrons. The lowest BCUT2D eigenvalue weighted by atomic mass is 10.1. The number of amides is 1. The average molecular weight is 400 g/mol. The second-order valence-electron chi connectivity index (χ2n) is 7.69. The Morgan fingerprint density at radius 1 is 1.25 bits per heavy atom. The molecule has 0 aliphatic heterocycles. The second kappa shape index (κ2) is 8.82. The van der Waals surface area contributed by atoms with Crippen molar-refractivity contribution in [2.75, 3.05) is 12.8 Å². The quantitative estimate of drug-likeness (QED) is 0.441. The summed E-state index contributed by atoms with van der Waals surface area (Å²) in [6, 6.07) is 6.14. The molecule has 6 nitrogen and oxygen atoms in total. The van der Waals surface area contributed by atoms with Gasteiger partial charge in [0.2, 0.25) is 0 Å². The molecule has 2 aromatic heterocycles. The molecule has 0 bridgehead atoms. The monoisotopic (exact) mass is 399 g/mol. The smallest absolute Gasteiger partial charge is 0.267 e. The predicted molar refractivity (Wildman–Crippen MR) is 115 cm³/mol. The van der Waals surface area contributed by atoms with Crippen LogP contribution in [0.25, 0.3) is 10.9 Å². The van der Waals surface area contributed by atoms with Crippen molar-refractivity contribution in [3.63, 3.8) is 0 Å². The molecule has 1 aromatic carbocycles. The van der Waals surface area contributed by atoms with Gasteiger partial charge in [-0.15, -0.1) is 10.2 Å². The summed E-state index contributed by atoms with van der Waals surface area (Å²) in [5.41, 5.74) is 3.98. The third-order valence-electron chi connectivity index (χ3n) is 4.72. The summed E-state index contributed by atoms with van der Waals surface area (Å²) >= 11 is 1.62. The molecule has 0 aliphatic rings. The number of carbonyl (C=O) groups excluding carboxylic acids is 1. The van der Waals surface area contributed by atoms with Gasteiger partial charge in [0, 0.05) is 30.4 Å². The first-order valence-electron chi connectivity index (χ1n) is 9.73. The highest BCUT2D eigenvalue weighted by molar-refractivity contribution is 7.98. The van der Waals surface area contributed by atoms with Crippen LogP contribution in [0.15, 0.2) is 23.4 Å². The Hall–Kier alpha value is -2.28. The fourth-order valence-electron chi connectivity index (χ4n) is 3.47. The average Bonchev–Trinajstić information content (AvgIpc) is 3.22. The molecule has 3 rings (SSSR count). The van der Waals surface area contributed by atoms with Crippen molar-refractivity contribution in [2.45, 2.75) is 52.2 Å². The lowest BCUT2D eigenvalue weighted by molar-refractivity contribution is 0.0949. The highest BCUT2D eigenvalue weighted by Crippen LogP contribution is 2.21. The number of nitrogens with zero attached hydrogens (tertiary/aromatic N) is 3. The maximum Gasteiger partial charge on any atom is 0.267 e. The zero-order valence-corrected chi connectivity index (χ0v) is 18.1. The van der Waals surface area contributed by atoms with Crippen LogP contribution in [0.4, 0.5) is 0 Å². The van der Waals surface area contributed by atoms with E-state index in [2.05, 4.69) is 64.9 Å². The Morgan fingerprint density at radius 2 is 2.04 bits per heavy atom. The van der Waals surface area contributed by atoms with Crippen molar-refractivity contribution < 1.29 is 4.79 Å². The van der Waals surface area contributed by atoms with Gasteiger partial charge >= 0.3 is 0 Å². The summed E-state index contributed by atoms with van der Waals surface area (Å²) in [5, 5.41) is 13.7. The first-order chi connectivity index (χ1) is 13.4. The van der Waals surface area contributed by atoms with Crippen LogP contribution in [0.2, 0.25) is 0 Å². The normalized spacial score (nSPS) is 11.5. The van der Waals surface area contributed by atoms with Crippen LogP contribution in [0.5, 0.6) is 0 Å². The minimum absolute atomic E-state index is 0.0679. The van der Waals surface area contributed by atoms with Gasteiger partial charge in [-0.05, 0) is 55.7 Å². The summed E-state index contributed by atoms with van der Waals surface area (Å²) in [4.78, 5) is 15.7. The molecule has 0 unspecified atom stereocenters. The van der Waals surface area contributed by atoms with E-state index in [4.69, 9.17) is 0 Å². The lowest BCUT2D eigenvalue weighted by Crippen LogP contribution is -2.25. The Kier molecular flexibility index (Phi) is 6.44. The number of rotatable bonds is 8. The number of aryl methyl sites for hydroxylation is 3. The van der Waals surface area contributed by atoms with Gasteiger partial charge in [0.05, 0.1) is 0 Å². The Morgan fingerprint density at radius 3 is 2.75 bits per heavy atom. The number of nitrogens with one attached hydrogen (secondary N) is 2. The van der Waals surface area contributed by atoms with Gasteiger partial charge in [-0.1, -0.05) is 31.7 Å². The lowest BCUT2D eigenvalue weighted by Gasteiger charge is -2.11. The molecule has 0 aliphatic carbocycles. The molecule has 7 heteroatoms. The summed E-state index contributed by atoms with van der Waals surface area (Å²) < 4.78 is 2.19. The Labute approximate surface area is 170 Å². The molecule has 0 saturated carbocycles. The fraction of sp³-hybridized carbons (Fsp3) is 0.476. The number of fused-ring (bicyclic) bond motifs is 1. The molecule has 0 spiro atoms. The summed E-state index contributed by atoms with van der Waals surface area (Å²) in [6.07, 6.45) is 3.65. The minimum Gasteiger partial charge on any atom is -0.351 e. The highest BCUT2D eigenvalue weighted by Gasteiger charge is 2.14. The van der Waals surface area contributed by atoms with Crippen molar-refractivity contribution in [3.05, 3.63) is 40.8 Å². The predicted octanol–water partition coefficient (Wildman–Crippen LogP) is 4.12. The molecule has 0 atom stereocenters. The third-order valence-corrected chi connectivity index (χ3v) is 5.39. The van der Waals surface area contributed by atoms with E-state index in [0.29, 0.717) is 18.2 Å². The zero-order chi connectivity index (χ0) is 20.3. The van der Waals surface area contributed by atoms with Gasteiger partial charge in [-0.2, -0.15) is 0 Å². The Balaban J connectivity index is 1.58. The molecule has 1 amide bonds. The SMILES string of the molecule is CSc1nnc(CCCNC(=O)c2cc3c(C)cc(C)cc3[nH]2)n1CC(C)C. The van der Waals surface area contributed by atoms with Crippen molar-refractivity contribution in [2.24, 2.45) is 5.92 Å². The highest BCUT2D eigenvalue weighted by atomic mass is 32.2.